The van der Waals surface area contributed by atoms with Crippen molar-refractivity contribution in [2.45, 2.75) is 50.8 Å². The van der Waals surface area contributed by atoms with E-state index in [0.717, 1.165) is 28.5 Å². The number of hydrogen-bond donors (Lipinski definition) is 1. The van der Waals surface area contributed by atoms with Gasteiger partial charge in [0.15, 0.2) is 0 Å². The van der Waals surface area contributed by atoms with Crippen molar-refractivity contribution in [3.8, 4) is 0 Å². The highest BCUT2D eigenvalue weighted by Gasteiger charge is 2.22. The van der Waals surface area contributed by atoms with E-state index in [4.69, 9.17) is 11.6 Å². The maximum atomic E-state index is 12.0. The second kappa shape index (κ2) is 8.70. The fourth-order valence-electron chi connectivity index (χ4n) is 2.77. The van der Waals surface area contributed by atoms with Crippen LogP contribution >= 0.6 is 23.4 Å². The second-order valence-corrected chi connectivity index (χ2v) is 7.34. The van der Waals surface area contributed by atoms with Gasteiger partial charge in [-0.05, 0) is 30.4 Å². The molecule has 4 heteroatoms. The summed E-state index contributed by atoms with van der Waals surface area (Å²) < 4.78 is 0. The summed E-state index contributed by atoms with van der Waals surface area (Å²) in [6.45, 7) is 2.25. The van der Waals surface area contributed by atoms with Crippen molar-refractivity contribution in [3.63, 3.8) is 0 Å². The van der Waals surface area contributed by atoms with Gasteiger partial charge in [-0.15, -0.1) is 0 Å². The average molecular weight is 326 g/mol. The topological polar surface area (TPSA) is 29.1 Å². The van der Waals surface area contributed by atoms with Crippen LogP contribution < -0.4 is 5.32 Å². The summed E-state index contributed by atoms with van der Waals surface area (Å²) in [5.41, 5.74) is 1.14. The van der Waals surface area contributed by atoms with Crippen molar-refractivity contribution in [2.75, 3.05) is 5.75 Å². The number of hydrogen-bond acceptors (Lipinski definition) is 2. The Morgan fingerprint density at radius 3 is 2.86 bits per heavy atom. The first kappa shape index (κ1) is 16.7. The van der Waals surface area contributed by atoms with Crippen LogP contribution in [0, 0.1) is 5.92 Å². The maximum absolute atomic E-state index is 12.0. The third-order valence-electron chi connectivity index (χ3n) is 4.15. The highest BCUT2D eigenvalue weighted by Crippen LogP contribution is 2.24. The Morgan fingerprint density at radius 2 is 2.10 bits per heavy atom. The number of carbonyl (C=O) groups is 1. The predicted octanol–water partition coefficient (Wildman–Crippen LogP) is 4.66. The van der Waals surface area contributed by atoms with Gasteiger partial charge in [-0.2, -0.15) is 11.8 Å². The van der Waals surface area contributed by atoms with Crippen LogP contribution in [-0.4, -0.2) is 17.7 Å². The van der Waals surface area contributed by atoms with Gasteiger partial charge in [0, 0.05) is 29.0 Å². The van der Waals surface area contributed by atoms with Crippen LogP contribution in [0.15, 0.2) is 24.3 Å². The first-order chi connectivity index (χ1) is 10.2. The van der Waals surface area contributed by atoms with E-state index < -0.39 is 0 Å². The zero-order valence-corrected chi connectivity index (χ0v) is 14.2. The molecule has 2 nitrogen and oxygen atoms in total. The van der Waals surface area contributed by atoms with Crippen molar-refractivity contribution in [3.05, 3.63) is 34.9 Å². The number of nitrogens with one attached hydrogen (secondary N) is 1. The zero-order chi connectivity index (χ0) is 15.1. The molecule has 0 aromatic heterocycles. The molecule has 2 atom stereocenters. The lowest BCUT2D eigenvalue weighted by atomic mass is 9.86. The molecule has 0 aliphatic heterocycles. The van der Waals surface area contributed by atoms with E-state index in [1.165, 1.54) is 19.3 Å². The Labute approximate surface area is 137 Å². The van der Waals surface area contributed by atoms with E-state index in [1.54, 1.807) is 11.8 Å². The van der Waals surface area contributed by atoms with Crippen LogP contribution in [0.4, 0.5) is 0 Å². The third-order valence-corrected chi connectivity index (χ3v) is 5.52. The van der Waals surface area contributed by atoms with E-state index in [9.17, 15) is 4.79 Å². The largest absolute Gasteiger partial charge is 0.353 e. The number of benzene rings is 1. The predicted molar refractivity (Wildman–Crippen MR) is 91.8 cm³/mol. The van der Waals surface area contributed by atoms with Gasteiger partial charge < -0.3 is 5.32 Å². The van der Waals surface area contributed by atoms with Crippen molar-refractivity contribution in [2.24, 2.45) is 5.92 Å². The van der Waals surface area contributed by atoms with Crippen molar-refractivity contribution in [1.82, 2.24) is 5.32 Å². The Hall–Kier alpha value is -0.670. The Bertz CT molecular complexity index is 466. The van der Waals surface area contributed by atoms with Gasteiger partial charge in [-0.25, -0.2) is 0 Å². The van der Waals surface area contributed by atoms with Gasteiger partial charge in [0.1, 0.15) is 0 Å². The molecule has 1 N–H and O–H groups in total. The molecule has 0 saturated heterocycles. The number of carbonyl (C=O) groups excluding carboxylic acids is 1. The van der Waals surface area contributed by atoms with Gasteiger partial charge in [0.2, 0.25) is 5.91 Å². The molecule has 1 aliphatic carbocycles. The van der Waals surface area contributed by atoms with Crippen LogP contribution in [0.3, 0.4) is 0 Å². The lowest BCUT2D eigenvalue weighted by Gasteiger charge is -2.29. The Kier molecular flexibility index (Phi) is 6.91. The zero-order valence-electron chi connectivity index (χ0n) is 12.6. The van der Waals surface area contributed by atoms with Gasteiger partial charge in [0.25, 0.3) is 0 Å². The first-order valence-corrected chi connectivity index (χ1v) is 9.30. The molecule has 1 aromatic rings. The molecule has 0 unspecified atom stereocenters. The molecule has 21 heavy (non-hydrogen) atoms. The van der Waals surface area contributed by atoms with E-state index in [0.29, 0.717) is 18.4 Å². The maximum Gasteiger partial charge on any atom is 0.221 e. The fourth-order valence-corrected chi connectivity index (χ4v) is 4.00. The lowest BCUT2D eigenvalue weighted by Crippen LogP contribution is -2.41. The van der Waals surface area contributed by atoms with E-state index >= 15 is 0 Å². The molecule has 1 aromatic carbocycles. The van der Waals surface area contributed by atoms with Gasteiger partial charge in [-0.1, -0.05) is 49.6 Å². The fraction of sp³-hybridized carbons (Fsp3) is 0.588. The number of thioether (sulfide) groups is 1. The first-order valence-electron chi connectivity index (χ1n) is 7.77. The second-order valence-electron chi connectivity index (χ2n) is 5.83. The van der Waals surface area contributed by atoms with Gasteiger partial charge in [-0.3, -0.25) is 4.79 Å². The van der Waals surface area contributed by atoms with E-state index in [-0.39, 0.29) is 5.91 Å². The SMILES string of the molecule is C[C@H]1CCCC[C@H]1NC(=O)CCSCc1ccccc1Cl. The summed E-state index contributed by atoms with van der Waals surface area (Å²) in [5, 5.41) is 4.01. The van der Waals surface area contributed by atoms with Crippen LogP contribution in [-0.2, 0) is 10.5 Å². The molecule has 116 valence electrons. The monoisotopic (exact) mass is 325 g/mol. The summed E-state index contributed by atoms with van der Waals surface area (Å²) in [6, 6.07) is 8.28. The standard InChI is InChI=1S/C17H24ClNOS/c1-13-6-2-5-9-16(13)19-17(20)10-11-21-12-14-7-3-4-8-15(14)18/h3-4,7-8,13,16H,2,5-6,9-12H2,1H3,(H,19,20)/t13-,16+/m0/s1. The van der Waals surface area contributed by atoms with Gasteiger partial charge in [0.05, 0.1) is 0 Å². The summed E-state index contributed by atoms with van der Waals surface area (Å²) >= 11 is 7.88. The molecular formula is C17H24ClNOS. The third kappa shape index (κ3) is 5.55. The van der Waals surface area contributed by atoms with Crippen molar-refractivity contribution in [1.29, 1.82) is 0 Å². The quantitative estimate of drug-likeness (QED) is 0.771. The number of halogens is 1. The molecule has 2 rings (SSSR count). The highest BCUT2D eigenvalue weighted by molar-refractivity contribution is 7.98. The molecule has 1 aliphatic rings. The molecule has 0 heterocycles. The highest BCUT2D eigenvalue weighted by atomic mass is 35.5. The number of amides is 1. The smallest absolute Gasteiger partial charge is 0.221 e. The molecule has 0 spiro atoms. The molecule has 0 radical (unpaired) electrons. The van der Waals surface area contributed by atoms with Crippen LogP contribution in [0.2, 0.25) is 5.02 Å². The molecule has 1 amide bonds. The van der Waals surface area contributed by atoms with E-state index in [1.807, 2.05) is 24.3 Å². The summed E-state index contributed by atoms with van der Waals surface area (Å²) in [7, 11) is 0. The van der Waals surface area contributed by atoms with Crippen molar-refractivity contribution < 1.29 is 4.79 Å². The normalized spacial score (nSPS) is 22.0. The van der Waals surface area contributed by atoms with Crippen LogP contribution in [0.25, 0.3) is 0 Å². The molecule has 1 fully saturated rings. The Balaban J connectivity index is 1.64. The summed E-state index contributed by atoms with van der Waals surface area (Å²) in [4.78, 5) is 12.0. The molecule has 1 saturated carbocycles. The summed E-state index contributed by atoms with van der Waals surface area (Å²) in [6.07, 6.45) is 5.53. The minimum absolute atomic E-state index is 0.195. The van der Waals surface area contributed by atoms with E-state index in [2.05, 4.69) is 12.2 Å². The summed E-state index contributed by atoms with van der Waals surface area (Å²) in [5.74, 6) is 2.53. The number of rotatable bonds is 6. The lowest BCUT2D eigenvalue weighted by molar-refractivity contribution is -0.121. The van der Waals surface area contributed by atoms with Crippen LogP contribution in [0.1, 0.15) is 44.6 Å². The van der Waals surface area contributed by atoms with Gasteiger partial charge >= 0.3 is 0 Å². The van der Waals surface area contributed by atoms with Crippen LogP contribution in [0.5, 0.6) is 0 Å². The molecular weight excluding hydrogens is 302 g/mol. The average Bonchev–Trinajstić information content (AvgIpc) is 2.48. The minimum atomic E-state index is 0.195. The van der Waals surface area contributed by atoms with Crippen molar-refractivity contribution >= 4 is 29.3 Å². The minimum Gasteiger partial charge on any atom is -0.353 e. The Morgan fingerprint density at radius 1 is 1.33 bits per heavy atom. The molecule has 0 bridgehead atoms.